The van der Waals surface area contributed by atoms with Gasteiger partial charge >= 0.3 is 6.03 Å². The van der Waals surface area contributed by atoms with E-state index < -0.39 is 0 Å². The van der Waals surface area contributed by atoms with Crippen LogP contribution in [-0.4, -0.2) is 33.3 Å². The van der Waals surface area contributed by atoms with Crippen LogP contribution in [0, 0.1) is 18.3 Å². The standard InChI is InChI=1S/C20H34N4O/c1-6-15(4)24-16(5)17(12-21-24)22-19(25)23-13-20(18(23)14(2)3)10-8-7-9-11-20/h12,14-15,18H,6-11,13H2,1-5H3,(H,22,25). The maximum Gasteiger partial charge on any atom is 0.322 e. The summed E-state index contributed by atoms with van der Waals surface area (Å²) >= 11 is 0. The van der Waals surface area contributed by atoms with E-state index in [1.165, 1.54) is 32.1 Å². The monoisotopic (exact) mass is 346 g/mol. The molecule has 1 saturated carbocycles. The van der Waals surface area contributed by atoms with Gasteiger partial charge < -0.3 is 10.2 Å². The lowest BCUT2D eigenvalue weighted by molar-refractivity contribution is -0.0853. The number of hydrogen-bond acceptors (Lipinski definition) is 2. The number of nitrogens with zero attached hydrogens (tertiary/aromatic N) is 3. The Bertz CT molecular complexity index is 615. The first kappa shape index (κ1) is 18.3. The van der Waals surface area contributed by atoms with Crippen molar-refractivity contribution >= 4 is 11.7 Å². The van der Waals surface area contributed by atoms with Gasteiger partial charge in [0.15, 0.2) is 0 Å². The molecule has 2 unspecified atom stereocenters. The normalized spacial score (nSPS) is 23.6. The lowest BCUT2D eigenvalue weighted by Gasteiger charge is -2.61. The van der Waals surface area contributed by atoms with E-state index in [-0.39, 0.29) is 6.03 Å². The van der Waals surface area contributed by atoms with Crippen molar-refractivity contribution in [3.05, 3.63) is 11.9 Å². The van der Waals surface area contributed by atoms with E-state index in [2.05, 4.69) is 43.0 Å². The average Bonchev–Trinajstić information content (AvgIpc) is 2.93. The number of aromatic nitrogens is 2. The molecule has 2 amide bonds. The van der Waals surface area contributed by atoms with E-state index in [9.17, 15) is 4.79 Å². The molecule has 0 bridgehead atoms. The second-order valence-corrected chi connectivity index (χ2v) is 8.52. The molecule has 25 heavy (non-hydrogen) atoms. The summed E-state index contributed by atoms with van der Waals surface area (Å²) in [5.74, 6) is 0.501. The number of amides is 2. The van der Waals surface area contributed by atoms with Gasteiger partial charge in [0.25, 0.3) is 0 Å². The fraction of sp³-hybridized carbons (Fsp3) is 0.800. The number of hydrogen-bond donors (Lipinski definition) is 1. The number of rotatable bonds is 4. The molecular formula is C20H34N4O. The molecule has 1 saturated heterocycles. The first-order valence-corrected chi connectivity index (χ1v) is 10.0. The third-order valence-electron chi connectivity index (χ3n) is 6.48. The molecule has 1 aliphatic carbocycles. The molecule has 5 nitrogen and oxygen atoms in total. The Labute approximate surface area is 152 Å². The van der Waals surface area contributed by atoms with Gasteiger partial charge in [0.05, 0.1) is 17.6 Å². The van der Waals surface area contributed by atoms with Crippen LogP contribution in [0.25, 0.3) is 0 Å². The highest BCUT2D eigenvalue weighted by Crippen LogP contribution is 2.51. The predicted molar refractivity (Wildman–Crippen MR) is 102 cm³/mol. The molecule has 1 aliphatic heterocycles. The van der Waals surface area contributed by atoms with Gasteiger partial charge in [0.2, 0.25) is 0 Å². The van der Waals surface area contributed by atoms with Gasteiger partial charge in [-0.05, 0) is 39.0 Å². The number of likely N-dealkylation sites (tertiary alicyclic amines) is 1. The maximum atomic E-state index is 12.9. The molecule has 2 heterocycles. The third kappa shape index (κ3) is 3.18. The molecule has 140 valence electrons. The van der Waals surface area contributed by atoms with E-state index in [0.29, 0.717) is 23.4 Å². The van der Waals surface area contributed by atoms with Crippen LogP contribution in [0.4, 0.5) is 10.5 Å². The Morgan fingerprint density at radius 2 is 2.00 bits per heavy atom. The lowest BCUT2D eigenvalue weighted by atomic mass is 9.60. The second-order valence-electron chi connectivity index (χ2n) is 8.52. The minimum atomic E-state index is 0.0432. The van der Waals surface area contributed by atoms with Gasteiger partial charge in [0.1, 0.15) is 0 Å². The number of anilines is 1. The quantitative estimate of drug-likeness (QED) is 0.835. The fourth-order valence-electron chi connectivity index (χ4n) is 5.07. The summed E-state index contributed by atoms with van der Waals surface area (Å²) in [6.07, 6.45) is 9.38. The summed E-state index contributed by atoms with van der Waals surface area (Å²) in [5, 5.41) is 7.59. The molecule has 2 aliphatic rings. The molecular weight excluding hydrogens is 312 g/mol. The van der Waals surface area contributed by atoms with E-state index in [4.69, 9.17) is 0 Å². The summed E-state index contributed by atoms with van der Waals surface area (Å²) in [4.78, 5) is 15.0. The van der Waals surface area contributed by atoms with Crippen LogP contribution >= 0.6 is 0 Å². The Morgan fingerprint density at radius 1 is 1.32 bits per heavy atom. The average molecular weight is 347 g/mol. The SMILES string of the molecule is CCC(C)n1ncc(NC(=O)N2CC3(CCCCC3)C2C(C)C)c1C. The van der Waals surface area contributed by atoms with Crippen molar-refractivity contribution in [1.29, 1.82) is 0 Å². The predicted octanol–water partition coefficient (Wildman–Crippen LogP) is 4.99. The van der Waals surface area contributed by atoms with E-state index in [1.54, 1.807) is 6.20 Å². The molecule has 1 N–H and O–H groups in total. The number of urea groups is 1. The van der Waals surface area contributed by atoms with Crippen LogP contribution in [0.3, 0.4) is 0 Å². The number of nitrogens with one attached hydrogen (secondary N) is 1. The van der Waals surface area contributed by atoms with Crippen LogP contribution in [0.15, 0.2) is 6.20 Å². The summed E-state index contributed by atoms with van der Waals surface area (Å²) in [6, 6.07) is 0.767. The summed E-state index contributed by atoms with van der Waals surface area (Å²) in [5.41, 5.74) is 2.26. The van der Waals surface area contributed by atoms with Crippen molar-refractivity contribution in [2.75, 3.05) is 11.9 Å². The summed E-state index contributed by atoms with van der Waals surface area (Å²) < 4.78 is 2.01. The fourth-order valence-corrected chi connectivity index (χ4v) is 5.07. The van der Waals surface area contributed by atoms with E-state index >= 15 is 0 Å². The van der Waals surface area contributed by atoms with Gasteiger partial charge in [-0.25, -0.2) is 4.79 Å². The summed E-state index contributed by atoms with van der Waals surface area (Å²) in [6.45, 7) is 11.8. The number of carbonyl (C=O) groups is 1. The zero-order chi connectivity index (χ0) is 18.2. The van der Waals surface area contributed by atoms with Crippen molar-refractivity contribution in [3.8, 4) is 0 Å². The minimum absolute atomic E-state index is 0.0432. The number of carbonyl (C=O) groups excluding carboxylic acids is 1. The van der Waals surface area contributed by atoms with E-state index in [1.807, 2.05) is 11.6 Å². The van der Waals surface area contributed by atoms with E-state index in [0.717, 1.165) is 24.3 Å². The van der Waals surface area contributed by atoms with Crippen LogP contribution in [0.5, 0.6) is 0 Å². The van der Waals surface area contributed by atoms with Crippen LogP contribution in [0.1, 0.15) is 78.0 Å². The first-order valence-electron chi connectivity index (χ1n) is 10.0. The topological polar surface area (TPSA) is 50.2 Å². The van der Waals surface area contributed by atoms with Crippen LogP contribution in [-0.2, 0) is 0 Å². The highest BCUT2D eigenvalue weighted by Gasteiger charge is 2.55. The van der Waals surface area contributed by atoms with Gasteiger partial charge in [-0.2, -0.15) is 5.10 Å². The third-order valence-corrected chi connectivity index (χ3v) is 6.48. The Balaban J connectivity index is 1.70. The van der Waals surface area contributed by atoms with Crippen molar-refractivity contribution in [2.24, 2.45) is 11.3 Å². The molecule has 1 aromatic heterocycles. The molecule has 2 atom stereocenters. The molecule has 1 aromatic rings. The van der Waals surface area contributed by atoms with Gasteiger partial charge in [0, 0.05) is 24.0 Å². The molecule has 2 fully saturated rings. The van der Waals surface area contributed by atoms with Crippen molar-refractivity contribution < 1.29 is 4.79 Å². The Kier molecular flexibility index (Phi) is 5.12. The van der Waals surface area contributed by atoms with Gasteiger partial charge in [-0.15, -0.1) is 0 Å². The van der Waals surface area contributed by atoms with Crippen LogP contribution in [0.2, 0.25) is 0 Å². The van der Waals surface area contributed by atoms with Crippen molar-refractivity contribution in [2.45, 2.75) is 85.2 Å². The van der Waals surface area contributed by atoms with Crippen LogP contribution < -0.4 is 5.32 Å². The van der Waals surface area contributed by atoms with Gasteiger partial charge in [-0.3, -0.25) is 4.68 Å². The first-order chi connectivity index (χ1) is 11.9. The summed E-state index contributed by atoms with van der Waals surface area (Å²) in [7, 11) is 0. The second kappa shape index (κ2) is 7.00. The molecule has 3 rings (SSSR count). The minimum Gasteiger partial charge on any atom is -0.320 e. The Morgan fingerprint density at radius 3 is 2.60 bits per heavy atom. The van der Waals surface area contributed by atoms with Crippen molar-refractivity contribution in [1.82, 2.24) is 14.7 Å². The highest BCUT2D eigenvalue weighted by molar-refractivity contribution is 5.90. The largest absolute Gasteiger partial charge is 0.322 e. The van der Waals surface area contributed by atoms with Gasteiger partial charge in [-0.1, -0.05) is 40.0 Å². The maximum absolute atomic E-state index is 12.9. The zero-order valence-corrected chi connectivity index (χ0v) is 16.5. The Hall–Kier alpha value is -1.52. The smallest absolute Gasteiger partial charge is 0.320 e. The molecule has 0 aromatic carbocycles. The molecule has 5 heteroatoms. The lowest BCUT2D eigenvalue weighted by Crippen LogP contribution is -2.69. The molecule has 0 radical (unpaired) electrons. The highest BCUT2D eigenvalue weighted by atomic mass is 16.2. The zero-order valence-electron chi connectivity index (χ0n) is 16.5. The molecule has 1 spiro atoms. The van der Waals surface area contributed by atoms with Crippen molar-refractivity contribution in [3.63, 3.8) is 0 Å².